The van der Waals surface area contributed by atoms with Crippen LogP contribution in [0.5, 0.6) is 5.75 Å². The zero-order valence-electron chi connectivity index (χ0n) is 11.9. The van der Waals surface area contributed by atoms with Gasteiger partial charge in [-0.15, -0.1) is 0 Å². The fourth-order valence-corrected chi connectivity index (χ4v) is 2.68. The topological polar surface area (TPSA) is 53.1 Å². The van der Waals surface area contributed by atoms with Crippen molar-refractivity contribution in [3.05, 3.63) is 41.4 Å². The van der Waals surface area contributed by atoms with Gasteiger partial charge in [0.2, 0.25) is 0 Å². The van der Waals surface area contributed by atoms with Crippen LogP contribution in [0.15, 0.2) is 36.4 Å². The highest BCUT2D eigenvalue weighted by molar-refractivity contribution is 6.33. The first-order valence-electron chi connectivity index (χ1n) is 6.74. The van der Waals surface area contributed by atoms with Gasteiger partial charge in [-0.25, -0.2) is 4.98 Å². The van der Waals surface area contributed by atoms with Gasteiger partial charge in [-0.2, -0.15) is 0 Å². The molecule has 0 aliphatic carbocycles. The Morgan fingerprint density at radius 3 is 2.76 bits per heavy atom. The van der Waals surface area contributed by atoms with Gasteiger partial charge in [0.25, 0.3) is 0 Å². The maximum atomic E-state index is 6.17. The molecule has 0 bridgehead atoms. The number of fused-ring (bicyclic) bond motifs is 1. The fraction of sp³-hybridized carbons (Fsp3) is 0.188. The lowest BCUT2D eigenvalue weighted by atomic mass is 10.1. The number of methoxy groups -OCH3 is 1. The summed E-state index contributed by atoms with van der Waals surface area (Å²) in [6.45, 7) is 2.89. The number of nitrogen functional groups attached to an aromatic ring is 1. The maximum absolute atomic E-state index is 6.17. The standard InChI is InChI=1S/C16H16ClN3O/c1-3-20-14-7-5-4-6-13(14)19-16(20)10-8-11(17)12(18)9-15(10)21-2/h4-9H,3,18H2,1-2H3. The fourth-order valence-electron chi connectivity index (χ4n) is 2.51. The van der Waals surface area contributed by atoms with E-state index in [4.69, 9.17) is 27.1 Å². The van der Waals surface area contributed by atoms with Gasteiger partial charge in [0.1, 0.15) is 11.6 Å². The number of rotatable bonds is 3. The molecule has 0 saturated carbocycles. The number of benzene rings is 2. The minimum Gasteiger partial charge on any atom is -0.496 e. The highest BCUT2D eigenvalue weighted by Crippen LogP contribution is 2.36. The molecule has 4 nitrogen and oxygen atoms in total. The summed E-state index contributed by atoms with van der Waals surface area (Å²) < 4.78 is 7.58. The van der Waals surface area contributed by atoms with Crippen LogP contribution in [0.2, 0.25) is 5.02 Å². The summed E-state index contributed by atoms with van der Waals surface area (Å²) in [5.41, 5.74) is 9.23. The molecule has 0 amide bonds. The average Bonchev–Trinajstić information content (AvgIpc) is 2.87. The Kier molecular flexibility index (Phi) is 3.47. The lowest BCUT2D eigenvalue weighted by Gasteiger charge is -2.12. The molecular formula is C16H16ClN3O. The molecule has 3 aromatic rings. The average molecular weight is 302 g/mol. The Balaban J connectivity index is 2.32. The van der Waals surface area contributed by atoms with Crippen molar-refractivity contribution in [2.45, 2.75) is 13.5 Å². The number of para-hydroxylation sites is 2. The van der Waals surface area contributed by atoms with Crippen LogP contribution in [0.4, 0.5) is 5.69 Å². The van der Waals surface area contributed by atoms with Crippen molar-refractivity contribution in [3.8, 4) is 17.1 Å². The molecule has 0 unspecified atom stereocenters. The quantitative estimate of drug-likeness (QED) is 0.745. The third kappa shape index (κ3) is 2.21. The van der Waals surface area contributed by atoms with Gasteiger partial charge in [-0.05, 0) is 25.1 Å². The number of hydrogen-bond donors (Lipinski definition) is 1. The first-order valence-corrected chi connectivity index (χ1v) is 7.12. The van der Waals surface area contributed by atoms with Gasteiger partial charge >= 0.3 is 0 Å². The van der Waals surface area contributed by atoms with Crippen LogP contribution >= 0.6 is 11.6 Å². The van der Waals surface area contributed by atoms with Crippen LogP contribution < -0.4 is 10.5 Å². The van der Waals surface area contributed by atoms with Gasteiger partial charge in [0.15, 0.2) is 0 Å². The Morgan fingerprint density at radius 1 is 1.29 bits per heavy atom. The summed E-state index contributed by atoms with van der Waals surface area (Å²) in [5.74, 6) is 1.50. The lowest BCUT2D eigenvalue weighted by molar-refractivity contribution is 0.416. The number of halogens is 1. The van der Waals surface area contributed by atoms with E-state index in [1.54, 1.807) is 13.2 Å². The molecule has 2 N–H and O–H groups in total. The number of ether oxygens (including phenoxy) is 1. The van der Waals surface area contributed by atoms with E-state index in [2.05, 4.69) is 17.6 Å². The van der Waals surface area contributed by atoms with Crippen LogP contribution in [-0.2, 0) is 6.54 Å². The second-order valence-corrected chi connectivity index (χ2v) is 5.15. The van der Waals surface area contributed by atoms with Crippen LogP contribution in [0, 0.1) is 0 Å². The highest BCUT2D eigenvalue weighted by Gasteiger charge is 2.17. The molecule has 0 fully saturated rings. The van der Waals surface area contributed by atoms with Gasteiger partial charge in [0, 0.05) is 12.6 Å². The molecule has 2 aromatic carbocycles. The van der Waals surface area contributed by atoms with Gasteiger partial charge < -0.3 is 15.0 Å². The summed E-state index contributed by atoms with van der Waals surface area (Å²) in [7, 11) is 1.62. The summed E-state index contributed by atoms with van der Waals surface area (Å²) in [4.78, 5) is 4.72. The van der Waals surface area contributed by atoms with Gasteiger partial charge in [-0.1, -0.05) is 23.7 Å². The summed E-state index contributed by atoms with van der Waals surface area (Å²) >= 11 is 6.17. The molecule has 0 saturated heterocycles. The van der Waals surface area contributed by atoms with Crippen LogP contribution in [0.3, 0.4) is 0 Å². The molecule has 3 rings (SSSR count). The Hall–Kier alpha value is -2.20. The van der Waals surface area contributed by atoms with Crippen molar-refractivity contribution >= 4 is 28.3 Å². The van der Waals surface area contributed by atoms with Crippen molar-refractivity contribution in [1.29, 1.82) is 0 Å². The van der Waals surface area contributed by atoms with Crippen molar-refractivity contribution in [1.82, 2.24) is 9.55 Å². The number of nitrogens with zero attached hydrogens (tertiary/aromatic N) is 2. The first kappa shape index (κ1) is 13.8. The van der Waals surface area contributed by atoms with Crippen LogP contribution in [0.1, 0.15) is 6.92 Å². The number of aryl methyl sites for hydroxylation is 1. The molecule has 1 aromatic heterocycles. The smallest absolute Gasteiger partial charge is 0.144 e. The van der Waals surface area contributed by atoms with E-state index in [9.17, 15) is 0 Å². The highest BCUT2D eigenvalue weighted by atomic mass is 35.5. The predicted molar refractivity (Wildman–Crippen MR) is 86.8 cm³/mol. The predicted octanol–water partition coefficient (Wildman–Crippen LogP) is 3.97. The van der Waals surface area contributed by atoms with E-state index in [0.717, 1.165) is 29.0 Å². The normalized spacial score (nSPS) is 11.0. The molecule has 21 heavy (non-hydrogen) atoms. The minimum absolute atomic E-state index is 0.497. The van der Waals surface area contributed by atoms with E-state index in [1.165, 1.54) is 0 Å². The molecule has 0 aliphatic rings. The monoisotopic (exact) mass is 301 g/mol. The zero-order valence-corrected chi connectivity index (χ0v) is 12.7. The summed E-state index contributed by atoms with van der Waals surface area (Å²) in [6.07, 6.45) is 0. The molecule has 0 atom stereocenters. The van der Waals surface area contributed by atoms with E-state index < -0.39 is 0 Å². The molecule has 1 heterocycles. The van der Waals surface area contributed by atoms with Crippen molar-refractivity contribution in [3.63, 3.8) is 0 Å². The number of nitrogens with two attached hydrogens (primary N) is 1. The molecular weight excluding hydrogens is 286 g/mol. The number of imidazole rings is 1. The second kappa shape index (κ2) is 5.30. The molecule has 0 radical (unpaired) electrons. The summed E-state index contributed by atoms with van der Waals surface area (Å²) in [5, 5.41) is 0.500. The second-order valence-electron chi connectivity index (χ2n) is 4.74. The number of aromatic nitrogens is 2. The van der Waals surface area contributed by atoms with Crippen LogP contribution in [0.25, 0.3) is 22.4 Å². The lowest BCUT2D eigenvalue weighted by Crippen LogP contribution is -2.00. The Labute approximate surface area is 128 Å². The van der Waals surface area contributed by atoms with E-state index >= 15 is 0 Å². The zero-order chi connectivity index (χ0) is 15.0. The third-order valence-corrected chi connectivity index (χ3v) is 3.86. The van der Waals surface area contributed by atoms with Gasteiger partial charge in [0.05, 0.1) is 34.4 Å². The Morgan fingerprint density at radius 2 is 2.05 bits per heavy atom. The molecule has 108 valence electrons. The van der Waals surface area contributed by atoms with Crippen molar-refractivity contribution in [2.75, 3.05) is 12.8 Å². The molecule has 0 aliphatic heterocycles. The number of hydrogen-bond acceptors (Lipinski definition) is 3. The van der Waals surface area contributed by atoms with Crippen LogP contribution in [-0.4, -0.2) is 16.7 Å². The third-order valence-electron chi connectivity index (χ3n) is 3.53. The molecule has 5 heteroatoms. The van der Waals surface area contributed by atoms with E-state index in [-0.39, 0.29) is 0 Å². The largest absolute Gasteiger partial charge is 0.496 e. The SMILES string of the molecule is CCn1c(-c2cc(Cl)c(N)cc2OC)nc2ccccc21. The van der Waals surface area contributed by atoms with E-state index in [0.29, 0.717) is 16.5 Å². The molecule has 0 spiro atoms. The first-order chi connectivity index (χ1) is 10.2. The van der Waals surface area contributed by atoms with E-state index in [1.807, 2.05) is 24.3 Å². The Bertz CT molecular complexity index is 811. The summed E-state index contributed by atoms with van der Waals surface area (Å²) in [6, 6.07) is 11.6. The minimum atomic E-state index is 0.497. The maximum Gasteiger partial charge on any atom is 0.144 e. The number of anilines is 1. The van der Waals surface area contributed by atoms with Gasteiger partial charge in [-0.3, -0.25) is 0 Å². The van der Waals surface area contributed by atoms with Crippen molar-refractivity contribution < 1.29 is 4.74 Å². The van der Waals surface area contributed by atoms with Crippen molar-refractivity contribution in [2.24, 2.45) is 0 Å².